The van der Waals surface area contributed by atoms with Crippen molar-refractivity contribution in [2.45, 2.75) is 6.54 Å². The van der Waals surface area contributed by atoms with Gasteiger partial charge in [-0.25, -0.2) is 0 Å². The Morgan fingerprint density at radius 1 is 1.53 bits per heavy atom. The summed E-state index contributed by atoms with van der Waals surface area (Å²) in [6.45, 7) is 0.498. The lowest BCUT2D eigenvalue weighted by Crippen LogP contribution is -2.18. The molecule has 3 N–H and O–H groups in total. The Hall–Kier alpha value is -1.83. The summed E-state index contributed by atoms with van der Waals surface area (Å²) in [4.78, 5) is 1.31. The molecule has 0 aliphatic rings. The zero-order valence-electron chi connectivity index (χ0n) is 9.09. The highest BCUT2D eigenvalue weighted by Crippen LogP contribution is 2.22. The molecule has 0 aliphatic carbocycles. The Morgan fingerprint density at radius 3 is 3.00 bits per heavy atom. The predicted molar refractivity (Wildman–Crippen MR) is 66.0 cm³/mol. The molecule has 0 fully saturated rings. The van der Waals surface area contributed by atoms with E-state index in [9.17, 15) is 0 Å². The van der Waals surface area contributed by atoms with Gasteiger partial charge in [-0.1, -0.05) is 21.0 Å². The summed E-state index contributed by atoms with van der Waals surface area (Å²) >= 11 is 3.40. The fourth-order valence-electron chi connectivity index (χ4n) is 1.35. The predicted octanol–water partition coefficient (Wildman–Crippen LogP) is 0.770. The lowest BCUT2D eigenvalue weighted by molar-refractivity contribution is 0.409. The number of halogens is 1. The molecule has 0 aliphatic heterocycles. The summed E-state index contributed by atoms with van der Waals surface area (Å²) in [6.07, 6.45) is 0. The highest BCUT2D eigenvalue weighted by atomic mass is 79.9. The maximum atomic E-state index is 5.53. The van der Waals surface area contributed by atoms with Gasteiger partial charge >= 0.3 is 0 Å². The summed E-state index contributed by atoms with van der Waals surface area (Å²) in [7, 11) is 1.62. The molecule has 2 aromatic rings. The van der Waals surface area contributed by atoms with E-state index in [0.29, 0.717) is 6.54 Å². The van der Waals surface area contributed by atoms with Gasteiger partial charge < -0.3 is 15.9 Å². The number of ether oxygens (including phenoxy) is 1. The molecule has 2 rings (SSSR count). The number of aromatic nitrogens is 4. The Bertz CT molecular complexity index is 514. The molecular formula is C9H11BrN6O. The molecule has 1 heterocycles. The minimum Gasteiger partial charge on any atom is -0.496 e. The highest BCUT2D eigenvalue weighted by molar-refractivity contribution is 9.10. The number of methoxy groups -OCH3 is 1. The van der Waals surface area contributed by atoms with Crippen LogP contribution in [0.3, 0.4) is 0 Å². The van der Waals surface area contributed by atoms with E-state index in [0.717, 1.165) is 15.8 Å². The van der Waals surface area contributed by atoms with Crippen LogP contribution in [-0.2, 0) is 6.54 Å². The number of benzene rings is 1. The topological polar surface area (TPSA) is 90.9 Å². The molecule has 7 nitrogen and oxygen atoms in total. The summed E-state index contributed by atoms with van der Waals surface area (Å²) < 4.78 is 6.22. The van der Waals surface area contributed by atoms with Crippen molar-refractivity contribution < 1.29 is 4.74 Å². The molecule has 0 spiro atoms. The Kier molecular flexibility index (Phi) is 3.43. The molecule has 90 valence electrons. The SMILES string of the molecule is COc1ccc(Br)cc1CNn1nnnc1N. The van der Waals surface area contributed by atoms with Crippen LogP contribution in [0, 0.1) is 0 Å². The Balaban J connectivity index is 2.13. The van der Waals surface area contributed by atoms with Gasteiger partial charge in [0.1, 0.15) is 5.75 Å². The van der Waals surface area contributed by atoms with E-state index in [-0.39, 0.29) is 5.95 Å². The number of nitrogens with zero attached hydrogens (tertiary/aromatic N) is 4. The normalized spacial score (nSPS) is 10.2. The van der Waals surface area contributed by atoms with E-state index < -0.39 is 0 Å². The third-order valence-corrected chi connectivity index (χ3v) is 2.65. The first kappa shape index (κ1) is 11.6. The van der Waals surface area contributed by atoms with E-state index in [1.54, 1.807) is 7.11 Å². The van der Waals surface area contributed by atoms with Gasteiger partial charge in [0, 0.05) is 10.0 Å². The Morgan fingerprint density at radius 2 is 2.35 bits per heavy atom. The average Bonchev–Trinajstić information content (AvgIpc) is 2.72. The third-order valence-electron chi connectivity index (χ3n) is 2.16. The maximum Gasteiger partial charge on any atom is 0.260 e. The number of anilines is 1. The monoisotopic (exact) mass is 298 g/mol. The minimum atomic E-state index is 0.207. The van der Waals surface area contributed by atoms with Gasteiger partial charge in [-0.3, -0.25) is 0 Å². The van der Waals surface area contributed by atoms with Crippen molar-refractivity contribution in [2.24, 2.45) is 0 Å². The van der Waals surface area contributed by atoms with Crippen molar-refractivity contribution in [1.82, 2.24) is 20.3 Å². The van der Waals surface area contributed by atoms with Crippen molar-refractivity contribution >= 4 is 21.9 Å². The summed E-state index contributed by atoms with van der Waals surface area (Å²) in [5.41, 5.74) is 9.46. The van der Waals surface area contributed by atoms with Crippen LogP contribution in [0.4, 0.5) is 5.95 Å². The number of nitrogens with two attached hydrogens (primary N) is 1. The van der Waals surface area contributed by atoms with Crippen LogP contribution < -0.4 is 15.9 Å². The first-order chi connectivity index (χ1) is 8.20. The van der Waals surface area contributed by atoms with Crippen LogP contribution in [0.15, 0.2) is 22.7 Å². The van der Waals surface area contributed by atoms with Crippen molar-refractivity contribution in [1.29, 1.82) is 0 Å². The van der Waals surface area contributed by atoms with E-state index >= 15 is 0 Å². The molecule has 1 aromatic carbocycles. The summed E-state index contributed by atoms with van der Waals surface area (Å²) in [6, 6.07) is 5.74. The molecule has 0 bridgehead atoms. The smallest absolute Gasteiger partial charge is 0.260 e. The number of hydrogen-bond acceptors (Lipinski definition) is 6. The van der Waals surface area contributed by atoms with Crippen LogP contribution in [0.5, 0.6) is 5.75 Å². The molecule has 0 atom stereocenters. The highest BCUT2D eigenvalue weighted by Gasteiger charge is 2.05. The van der Waals surface area contributed by atoms with Gasteiger partial charge in [0.25, 0.3) is 5.95 Å². The van der Waals surface area contributed by atoms with E-state index in [1.165, 1.54) is 4.79 Å². The van der Waals surface area contributed by atoms with Crippen LogP contribution >= 0.6 is 15.9 Å². The van der Waals surface area contributed by atoms with E-state index in [4.69, 9.17) is 10.5 Å². The van der Waals surface area contributed by atoms with Crippen molar-refractivity contribution in [3.63, 3.8) is 0 Å². The number of hydrogen-bond donors (Lipinski definition) is 2. The number of tetrazole rings is 1. The average molecular weight is 299 g/mol. The van der Waals surface area contributed by atoms with Gasteiger partial charge in [0.15, 0.2) is 0 Å². The fourth-order valence-corrected chi connectivity index (χ4v) is 1.76. The lowest BCUT2D eigenvalue weighted by atomic mass is 10.2. The molecule has 0 saturated carbocycles. The van der Waals surface area contributed by atoms with Crippen LogP contribution in [0.2, 0.25) is 0 Å². The Labute approximate surface area is 106 Å². The summed E-state index contributed by atoms with van der Waals surface area (Å²) in [5, 5.41) is 10.7. The van der Waals surface area contributed by atoms with Crippen LogP contribution in [0.25, 0.3) is 0 Å². The van der Waals surface area contributed by atoms with Crippen molar-refractivity contribution in [2.75, 3.05) is 18.3 Å². The zero-order valence-corrected chi connectivity index (χ0v) is 10.7. The first-order valence-electron chi connectivity index (χ1n) is 4.81. The maximum absolute atomic E-state index is 5.53. The first-order valence-corrected chi connectivity index (χ1v) is 5.60. The number of nitrogens with one attached hydrogen (secondary N) is 1. The fraction of sp³-hybridized carbons (Fsp3) is 0.222. The standard InChI is InChI=1S/C9H11BrN6O/c1-17-8-3-2-7(10)4-6(8)5-12-16-9(11)13-14-15-16/h2-4,12H,5H2,1H3,(H2,11,13,15). The molecule has 0 radical (unpaired) electrons. The number of rotatable bonds is 4. The van der Waals surface area contributed by atoms with Crippen LogP contribution in [0.1, 0.15) is 5.56 Å². The number of nitrogen functional groups attached to an aromatic ring is 1. The quantitative estimate of drug-likeness (QED) is 0.866. The second-order valence-corrected chi connectivity index (χ2v) is 4.16. The van der Waals surface area contributed by atoms with Gasteiger partial charge in [-0.2, -0.15) is 0 Å². The van der Waals surface area contributed by atoms with Gasteiger partial charge in [-0.05, 0) is 28.6 Å². The second kappa shape index (κ2) is 5.00. The second-order valence-electron chi connectivity index (χ2n) is 3.24. The van der Waals surface area contributed by atoms with Gasteiger partial charge in [0.05, 0.1) is 13.7 Å². The molecule has 0 amide bonds. The largest absolute Gasteiger partial charge is 0.496 e. The zero-order chi connectivity index (χ0) is 12.3. The van der Waals surface area contributed by atoms with E-state index in [1.807, 2.05) is 18.2 Å². The van der Waals surface area contributed by atoms with Crippen molar-refractivity contribution in [3.05, 3.63) is 28.2 Å². The van der Waals surface area contributed by atoms with Crippen LogP contribution in [-0.4, -0.2) is 27.4 Å². The third kappa shape index (κ3) is 2.64. The van der Waals surface area contributed by atoms with E-state index in [2.05, 4.69) is 36.9 Å². The molecule has 0 unspecified atom stereocenters. The van der Waals surface area contributed by atoms with Crippen molar-refractivity contribution in [3.8, 4) is 5.75 Å². The van der Waals surface area contributed by atoms with Gasteiger partial charge in [-0.15, -0.1) is 4.79 Å². The summed E-state index contributed by atoms with van der Waals surface area (Å²) in [5.74, 6) is 0.992. The molecule has 8 heteroatoms. The molecular weight excluding hydrogens is 288 g/mol. The lowest BCUT2D eigenvalue weighted by Gasteiger charge is -2.10. The molecule has 1 aromatic heterocycles. The molecule has 0 saturated heterocycles. The van der Waals surface area contributed by atoms with Gasteiger partial charge in [0.2, 0.25) is 0 Å². The minimum absolute atomic E-state index is 0.207. The molecule has 17 heavy (non-hydrogen) atoms.